The van der Waals surface area contributed by atoms with Gasteiger partial charge in [0, 0.05) is 11.8 Å². The normalized spacial score (nSPS) is 35.5. The van der Waals surface area contributed by atoms with Gasteiger partial charge in [0.05, 0.1) is 0 Å². The topological polar surface area (TPSA) is 0 Å². The summed E-state index contributed by atoms with van der Waals surface area (Å²) in [6.45, 7) is 4.66. The number of rotatable bonds is 3. The standard InChI is InChI=1S/C19H32/c1-3-5-17-10-12-19(13-11-17)15-14-18-8-6-16(4-2)7-9-18/h16-19H,3-13H2,1-2H3. The zero-order valence-electron chi connectivity index (χ0n) is 13.1. The van der Waals surface area contributed by atoms with E-state index in [1.165, 1.54) is 70.6 Å². The largest absolute Gasteiger partial charge is 0.0996 e. The Morgan fingerprint density at radius 2 is 1.16 bits per heavy atom. The minimum atomic E-state index is 0.733. The highest BCUT2D eigenvalue weighted by Crippen LogP contribution is 2.32. The molecule has 0 N–H and O–H groups in total. The van der Waals surface area contributed by atoms with Gasteiger partial charge in [-0.1, -0.05) is 45.0 Å². The highest BCUT2D eigenvalue weighted by Gasteiger charge is 2.20. The predicted octanol–water partition coefficient (Wildman–Crippen LogP) is 5.81. The van der Waals surface area contributed by atoms with Crippen LogP contribution in [0.2, 0.25) is 0 Å². The molecule has 0 spiro atoms. The van der Waals surface area contributed by atoms with E-state index in [-0.39, 0.29) is 0 Å². The molecule has 19 heavy (non-hydrogen) atoms. The second kappa shape index (κ2) is 7.98. The molecule has 2 fully saturated rings. The van der Waals surface area contributed by atoms with E-state index in [0.717, 1.165) is 23.7 Å². The molecule has 0 nitrogen and oxygen atoms in total. The van der Waals surface area contributed by atoms with Gasteiger partial charge < -0.3 is 0 Å². The maximum atomic E-state index is 3.64. The maximum Gasteiger partial charge on any atom is 0.0203 e. The quantitative estimate of drug-likeness (QED) is 0.561. The molecular formula is C19H32. The van der Waals surface area contributed by atoms with Crippen molar-refractivity contribution in [2.45, 2.75) is 84.5 Å². The van der Waals surface area contributed by atoms with Gasteiger partial charge in [-0.3, -0.25) is 0 Å². The molecule has 0 unspecified atom stereocenters. The average molecular weight is 260 g/mol. The fourth-order valence-electron chi connectivity index (χ4n) is 3.95. The third-order valence-electron chi connectivity index (χ3n) is 5.46. The molecule has 0 aromatic heterocycles. The summed E-state index contributed by atoms with van der Waals surface area (Å²) in [5, 5.41) is 0. The van der Waals surface area contributed by atoms with Crippen molar-refractivity contribution >= 4 is 0 Å². The van der Waals surface area contributed by atoms with Crippen LogP contribution in [-0.4, -0.2) is 0 Å². The minimum Gasteiger partial charge on any atom is -0.0996 e. The SMILES string of the molecule is CCCC1CCC(C#CC2CCC(CC)CC2)CC1. The van der Waals surface area contributed by atoms with Crippen molar-refractivity contribution in [3.8, 4) is 11.8 Å². The van der Waals surface area contributed by atoms with Crippen molar-refractivity contribution in [2.75, 3.05) is 0 Å². The van der Waals surface area contributed by atoms with Crippen LogP contribution in [0.25, 0.3) is 0 Å². The number of hydrogen-bond acceptors (Lipinski definition) is 0. The third-order valence-corrected chi connectivity index (χ3v) is 5.46. The molecular weight excluding hydrogens is 228 g/mol. The van der Waals surface area contributed by atoms with Crippen LogP contribution in [-0.2, 0) is 0 Å². The summed E-state index contributed by atoms with van der Waals surface area (Å²) in [4.78, 5) is 0. The molecule has 2 aliphatic rings. The molecule has 0 aromatic rings. The van der Waals surface area contributed by atoms with Crippen LogP contribution in [0.3, 0.4) is 0 Å². The van der Waals surface area contributed by atoms with E-state index >= 15 is 0 Å². The molecule has 0 aromatic carbocycles. The van der Waals surface area contributed by atoms with E-state index in [9.17, 15) is 0 Å². The Labute approximate surface area is 120 Å². The lowest BCUT2D eigenvalue weighted by Gasteiger charge is -2.26. The first-order valence-electron chi connectivity index (χ1n) is 8.82. The van der Waals surface area contributed by atoms with Crippen molar-refractivity contribution in [1.29, 1.82) is 0 Å². The monoisotopic (exact) mass is 260 g/mol. The zero-order chi connectivity index (χ0) is 13.5. The van der Waals surface area contributed by atoms with Crippen LogP contribution < -0.4 is 0 Å². The Kier molecular flexibility index (Phi) is 6.29. The summed E-state index contributed by atoms with van der Waals surface area (Å²) in [6, 6.07) is 0. The Bertz CT molecular complexity index is 290. The second-order valence-electron chi connectivity index (χ2n) is 6.92. The van der Waals surface area contributed by atoms with Gasteiger partial charge in [-0.15, -0.1) is 0 Å². The van der Waals surface area contributed by atoms with Gasteiger partial charge in [0.2, 0.25) is 0 Å². The first kappa shape index (κ1) is 15.0. The van der Waals surface area contributed by atoms with Gasteiger partial charge in [0.25, 0.3) is 0 Å². The molecule has 0 bridgehead atoms. The summed E-state index contributed by atoms with van der Waals surface area (Å²) in [5.41, 5.74) is 0. The molecule has 2 aliphatic carbocycles. The van der Waals surface area contributed by atoms with Crippen LogP contribution in [0.4, 0.5) is 0 Å². The van der Waals surface area contributed by atoms with Gasteiger partial charge in [-0.2, -0.15) is 0 Å². The Morgan fingerprint density at radius 1 is 0.684 bits per heavy atom. The number of hydrogen-bond donors (Lipinski definition) is 0. The van der Waals surface area contributed by atoms with E-state index < -0.39 is 0 Å². The minimum absolute atomic E-state index is 0.733. The molecule has 0 radical (unpaired) electrons. The first-order chi connectivity index (χ1) is 9.31. The summed E-state index contributed by atoms with van der Waals surface area (Å²) in [5.74, 6) is 10.8. The van der Waals surface area contributed by atoms with Crippen LogP contribution in [0.1, 0.15) is 84.5 Å². The fraction of sp³-hybridized carbons (Fsp3) is 0.895. The lowest BCUT2D eigenvalue weighted by molar-refractivity contribution is 0.297. The Hall–Kier alpha value is -0.440. The molecule has 0 aliphatic heterocycles. The zero-order valence-corrected chi connectivity index (χ0v) is 13.1. The highest BCUT2D eigenvalue weighted by atomic mass is 14.3. The molecule has 2 rings (SSSR count). The van der Waals surface area contributed by atoms with E-state index in [4.69, 9.17) is 0 Å². The van der Waals surface area contributed by atoms with E-state index in [1.54, 1.807) is 0 Å². The summed E-state index contributed by atoms with van der Waals surface area (Å²) < 4.78 is 0. The van der Waals surface area contributed by atoms with E-state index in [2.05, 4.69) is 25.7 Å². The highest BCUT2D eigenvalue weighted by molar-refractivity contribution is 5.09. The summed E-state index contributed by atoms with van der Waals surface area (Å²) in [6.07, 6.45) is 15.4. The predicted molar refractivity (Wildman–Crippen MR) is 83.9 cm³/mol. The lowest BCUT2D eigenvalue weighted by Crippen LogP contribution is -2.15. The van der Waals surface area contributed by atoms with Crippen LogP contribution >= 0.6 is 0 Å². The van der Waals surface area contributed by atoms with Crippen LogP contribution in [0.5, 0.6) is 0 Å². The Morgan fingerprint density at radius 3 is 1.58 bits per heavy atom. The van der Waals surface area contributed by atoms with E-state index in [0.29, 0.717) is 0 Å². The molecule has 108 valence electrons. The first-order valence-corrected chi connectivity index (χ1v) is 8.82. The van der Waals surface area contributed by atoms with Crippen molar-refractivity contribution in [2.24, 2.45) is 23.7 Å². The van der Waals surface area contributed by atoms with E-state index in [1.807, 2.05) is 0 Å². The van der Waals surface area contributed by atoms with Gasteiger partial charge in [-0.05, 0) is 63.2 Å². The smallest absolute Gasteiger partial charge is 0.0203 e. The maximum absolute atomic E-state index is 3.64. The Balaban J connectivity index is 1.70. The van der Waals surface area contributed by atoms with Gasteiger partial charge >= 0.3 is 0 Å². The third kappa shape index (κ3) is 4.87. The van der Waals surface area contributed by atoms with Gasteiger partial charge in [0.15, 0.2) is 0 Å². The van der Waals surface area contributed by atoms with Crippen LogP contribution in [0.15, 0.2) is 0 Å². The van der Waals surface area contributed by atoms with Crippen molar-refractivity contribution in [1.82, 2.24) is 0 Å². The van der Waals surface area contributed by atoms with Gasteiger partial charge in [0.1, 0.15) is 0 Å². The fourth-order valence-corrected chi connectivity index (χ4v) is 3.95. The van der Waals surface area contributed by atoms with Crippen molar-refractivity contribution in [3.05, 3.63) is 0 Å². The van der Waals surface area contributed by atoms with Crippen LogP contribution in [0, 0.1) is 35.5 Å². The molecule has 0 amide bonds. The second-order valence-corrected chi connectivity index (χ2v) is 6.92. The van der Waals surface area contributed by atoms with Gasteiger partial charge in [-0.25, -0.2) is 0 Å². The van der Waals surface area contributed by atoms with Crippen molar-refractivity contribution < 1.29 is 0 Å². The van der Waals surface area contributed by atoms with Crippen molar-refractivity contribution in [3.63, 3.8) is 0 Å². The average Bonchev–Trinajstić information content (AvgIpc) is 2.47. The lowest BCUT2D eigenvalue weighted by atomic mass is 9.79. The summed E-state index contributed by atoms with van der Waals surface area (Å²) >= 11 is 0. The molecule has 0 heterocycles. The molecule has 0 heteroatoms. The summed E-state index contributed by atoms with van der Waals surface area (Å²) in [7, 11) is 0. The molecule has 0 saturated heterocycles. The molecule has 0 atom stereocenters. The molecule has 2 saturated carbocycles.